The third-order valence-corrected chi connectivity index (χ3v) is 9.14. The van der Waals surface area contributed by atoms with Gasteiger partial charge in [-0.05, 0) is 54.6 Å². The highest BCUT2D eigenvalue weighted by Crippen LogP contribution is 2.60. The molecule has 0 bridgehead atoms. The summed E-state index contributed by atoms with van der Waals surface area (Å²) in [5, 5.41) is 56.1. The smallest absolute Gasteiger partial charge is 0.340 e. The van der Waals surface area contributed by atoms with Crippen LogP contribution in [0.5, 0.6) is 34.5 Å². The summed E-state index contributed by atoms with van der Waals surface area (Å²) in [5.74, 6) is -1.95. The standard InChI is InChI=1S/C33H33NO12/c1-34-14-32(31(39)40)29(37)24(36)30(38)33(46-32)10-9-18-22(45-33)12-19(15-5-4-6-16(35)11-15)23-25(18)43-13-20-17-7-8-21(41-2)28(42-3)27(17)44-26(20)23/h4-12,20,24,26,29-30,34-38H,13-14H2,1-3H3,(H,39,40)/t20-,24+,26-,29+,30-,32-,33-/m1/s1. The van der Waals surface area contributed by atoms with Crippen LogP contribution in [0.25, 0.3) is 17.2 Å². The van der Waals surface area contributed by atoms with Gasteiger partial charge in [-0.1, -0.05) is 18.2 Å². The first kappa shape index (κ1) is 30.1. The second kappa shape index (κ2) is 10.8. The van der Waals surface area contributed by atoms with Crippen molar-refractivity contribution in [2.75, 3.05) is 34.4 Å². The van der Waals surface area contributed by atoms with Gasteiger partial charge >= 0.3 is 5.97 Å². The summed E-state index contributed by atoms with van der Waals surface area (Å²) in [7, 11) is 4.54. The number of ether oxygens (including phenoxy) is 6. The average molecular weight is 636 g/mol. The first-order valence-corrected chi connectivity index (χ1v) is 14.6. The molecule has 1 spiro atoms. The summed E-state index contributed by atoms with van der Waals surface area (Å²) >= 11 is 0. The highest BCUT2D eigenvalue weighted by atomic mass is 16.7. The molecule has 1 saturated heterocycles. The summed E-state index contributed by atoms with van der Waals surface area (Å²) < 4.78 is 36.5. The van der Waals surface area contributed by atoms with Crippen molar-refractivity contribution in [3.63, 3.8) is 0 Å². The molecule has 3 aromatic carbocycles. The number of aliphatic hydroxyl groups excluding tert-OH is 3. The average Bonchev–Trinajstić information content (AvgIpc) is 3.44. The third kappa shape index (κ3) is 4.16. The highest BCUT2D eigenvalue weighted by molar-refractivity contribution is 5.83. The second-order valence-corrected chi connectivity index (χ2v) is 11.7. The fourth-order valence-electron chi connectivity index (χ4n) is 6.93. The number of fused-ring (bicyclic) bond motifs is 7. The molecule has 0 unspecified atom stereocenters. The Morgan fingerprint density at radius 3 is 2.57 bits per heavy atom. The van der Waals surface area contributed by atoms with E-state index in [1.807, 2.05) is 12.1 Å². The van der Waals surface area contributed by atoms with Crippen molar-refractivity contribution in [2.45, 2.75) is 41.7 Å². The molecule has 13 heteroatoms. The Labute approximate surface area is 263 Å². The van der Waals surface area contributed by atoms with Crippen molar-refractivity contribution in [1.29, 1.82) is 0 Å². The van der Waals surface area contributed by atoms with E-state index in [1.54, 1.807) is 37.5 Å². The van der Waals surface area contributed by atoms with Crippen molar-refractivity contribution >= 4 is 12.0 Å². The quantitative estimate of drug-likeness (QED) is 0.231. The zero-order valence-electron chi connectivity index (χ0n) is 25.1. The largest absolute Gasteiger partial charge is 0.508 e. The number of carboxylic acid groups (broad SMARTS) is 1. The molecule has 242 valence electrons. The maximum atomic E-state index is 12.5. The molecule has 0 aromatic heterocycles. The fourth-order valence-corrected chi connectivity index (χ4v) is 6.93. The van der Waals surface area contributed by atoms with Gasteiger partial charge in [-0.25, -0.2) is 4.79 Å². The van der Waals surface area contributed by atoms with Gasteiger partial charge < -0.3 is 59.3 Å². The van der Waals surface area contributed by atoms with E-state index in [1.165, 1.54) is 26.3 Å². The van der Waals surface area contributed by atoms with Gasteiger partial charge in [0.2, 0.25) is 11.4 Å². The minimum Gasteiger partial charge on any atom is -0.508 e. The molecule has 0 saturated carbocycles. The predicted molar refractivity (Wildman–Crippen MR) is 160 cm³/mol. The SMILES string of the molecule is CNC[C@@]1(C(=O)O)O[C@]2(C=Cc3c(cc(-c4cccc(O)c4)c4c3OC[C@@H]3c5ccc(OC)c(OC)c5O[C@@H]43)O2)[C@H](O)[C@@H](O)[C@@H]1O. The number of aliphatic carboxylic acids is 1. The van der Waals surface area contributed by atoms with Crippen LogP contribution in [0.1, 0.15) is 28.7 Å². The van der Waals surface area contributed by atoms with E-state index >= 15 is 0 Å². The Hall–Kier alpha value is -4.53. The molecule has 6 N–H and O–H groups in total. The normalized spacial score (nSPS) is 30.2. The van der Waals surface area contributed by atoms with Crippen LogP contribution >= 0.6 is 0 Å². The highest BCUT2D eigenvalue weighted by Gasteiger charge is 2.65. The zero-order chi connectivity index (χ0) is 32.5. The lowest BCUT2D eigenvalue weighted by Gasteiger charge is -2.52. The van der Waals surface area contributed by atoms with Gasteiger partial charge in [-0.3, -0.25) is 0 Å². The van der Waals surface area contributed by atoms with Crippen molar-refractivity contribution in [3.05, 3.63) is 65.2 Å². The molecule has 0 aliphatic carbocycles. The summed E-state index contributed by atoms with van der Waals surface area (Å²) in [6.07, 6.45) is -3.48. The van der Waals surface area contributed by atoms with Crippen molar-refractivity contribution in [2.24, 2.45) is 0 Å². The molecule has 1 fully saturated rings. The van der Waals surface area contributed by atoms with E-state index in [0.29, 0.717) is 45.3 Å². The molecule has 0 radical (unpaired) electrons. The number of benzene rings is 3. The van der Waals surface area contributed by atoms with Gasteiger partial charge in [0.15, 0.2) is 17.6 Å². The Kier molecular flexibility index (Phi) is 7.06. The number of hydrogen-bond donors (Lipinski definition) is 6. The molecule has 0 amide bonds. The number of carbonyl (C=O) groups is 1. The summed E-state index contributed by atoms with van der Waals surface area (Å²) in [5.41, 5.74) is 0.782. The van der Waals surface area contributed by atoms with Crippen LogP contribution in [0.2, 0.25) is 0 Å². The van der Waals surface area contributed by atoms with Gasteiger partial charge in [0, 0.05) is 17.7 Å². The van der Waals surface area contributed by atoms with Crippen LogP contribution in [0.4, 0.5) is 0 Å². The monoisotopic (exact) mass is 635 g/mol. The van der Waals surface area contributed by atoms with Gasteiger partial charge in [-0.2, -0.15) is 0 Å². The zero-order valence-corrected chi connectivity index (χ0v) is 25.1. The van der Waals surface area contributed by atoms with Gasteiger partial charge in [0.1, 0.15) is 35.6 Å². The van der Waals surface area contributed by atoms with Crippen LogP contribution in [0.3, 0.4) is 0 Å². The lowest BCUT2D eigenvalue weighted by molar-refractivity contribution is -0.340. The van der Waals surface area contributed by atoms with E-state index in [2.05, 4.69) is 5.32 Å². The number of aliphatic hydroxyl groups is 3. The number of likely N-dealkylation sites (N-methyl/N-ethyl adjacent to an activating group) is 1. The van der Waals surface area contributed by atoms with Crippen LogP contribution in [0.15, 0.2) is 48.5 Å². The van der Waals surface area contributed by atoms with E-state index < -0.39 is 48.3 Å². The Balaban J connectivity index is 1.39. The molecule has 4 aliphatic heterocycles. The number of phenolic OH excluding ortho intramolecular Hbond substituents is 1. The van der Waals surface area contributed by atoms with Crippen LogP contribution < -0.4 is 29.0 Å². The second-order valence-electron chi connectivity index (χ2n) is 11.7. The summed E-state index contributed by atoms with van der Waals surface area (Å²) in [4.78, 5) is 12.5. The Morgan fingerprint density at radius 1 is 1.07 bits per heavy atom. The summed E-state index contributed by atoms with van der Waals surface area (Å²) in [6.45, 7) is -0.181. The number of phenols is 1. The molecule has 4 aliphatic rings. The lowest BCUT2D eigenvalue weighted by atomic mass is 9.81. The molecule has 13 nitrogen and oxygen atoms in total. The molecule has 4 heterocycles. The third-order valence-electron chi connectivity index (χ3n) is 9.14. The van der Waals surface area contributed by atoms with Crippen molar-refractivity contribution in [1.82, 2.24) is 5.32 Å². The minimum atomic E-state index is -2.37. The van der Waals surface area contributed by atoms with E-state index in [4.69, 9.17) is 28.4 Å². The minimum absolute atomic E-state index is 0.0121. The van der Waals surface area contributed by atoms with E-state index in [0.717, 1.165) is 5.56 Å². The van der Waals surface area contributed by atoms with E-state index in [-0.39, 0.29) is 24.0 Å². The Bertz CT molecular complexity index is 1760. The molecular weight excluding hydrogens is 602 g/mol. The van der Waals surface area contributed by atoms with Crippen LogP contribution in [-0.2, 0) is 9.53 Å². The molecule has 3 aromatic rings. The van der Waals surface area contributed by atoms with Crippen LogP contribution in [0, 0.1) is 0 Å². The molecule has 7 atom stereocenters. The topological polar surface area (TPSA) is 186 Å². The number of methoxy groups -OCH3 is 2. The predicted octanol–water partition coefficient (Wildman–Crippen LogP) is 1.94. The maximum Gasteiger partial charge on any atom is 0.340 e. The number of aromatic hydroxyl groups is 1. The van der Waals surface area contributed by atoms with Gasteiger partial charge in [0.25, 0.3) is 5.79 Å². The number of rotatable bonds is 6. The summed E-state index contributed by atoms with van der Waals surface area (Å²) in [6, 6.07) is 12.0. The number of carboxylic acids is 1. The first-order valence-electron chi connectivity index (χ1n) is 14.6. The molecule has 46 heavy (non-hydrogen) atoms. The molecular formula is C33H33NO12. The number of hydrogen-bond acceptors (Lipinski definition) is 12. The fraction of sp³-hybridized carbons (Fsp3) is 0.364. The maximum absolute atomic E-state index is 12.5. The van der Waals surface area contributed by atoms with Crippen molar-refractivity contribution < 1.29 is 58.7 Å². The van der Waals surface area contributed by atoms with Crippen molar-refractivity contribution in [3.8, 4) is 45.6 Å². The lowest BCUT2D eigenvalue weighted by Crippen LogP contribution is -2.75. The van der Waals surface area contributed by atoms with Gasteiger partial charge in [-0.15, -0.1) is 0 Å². The Morgan fingerprint density at radius 2 is 1.87 bits per heavy atom. The first-order chi connectivity index (χ1) is 22.1. The number of nitrogens with one attached hydrogen (secondary N) is 1. The van der Waals surface area contributed by atoms with Gasteiger partial charge in [0.05, 0.1) is 32.3 Å². The van der Waals surface area contributed by atoms with E-state index in [9.17, 15) is 30.3 Å². The van der Waals surface area contributed by atoms with Crippen LogP contribution in [-0.4, -0.2) is 95.6 Å². The molecule has 7 rings (SSSR count).